The fraction of sp³-hybridized carbons (Fsp3) is 0.857. The van der Waals surface area contributed by atoms with Crippen LogP contribution in [0.2, 0.25) is 0 Å². The van der Waals surface area contributed by atoms with Gasteiger partial charge in [0.05, 0.1) is 9.49 Å². The summed E-state index contributed by atoms with van der Waals surface area (Å²) in [7, 11) is 0. The molecule has 3 N–H and O–H groups in total. The summed E-state index contributed by atoms with van der Waals surface area (Å²) >= 11 is 3.50. The summed E-state index contributed by atoms with van der Waals surface area (Å²) in [5.41, 5.74) is -0.428. The second-order valence-electron chi connectivity index (χ2n) is 10.1. The molecule has 0 bridgehead atoms. The van der Waals surface area contributed by atoms with E-state index in [2.05, 4.69) is 48.9 Å². The molecule has 0 aliphatic rings. The molecule has 1 amide bonds. The zero-order chi connectivity index (χ0) is 28.7. The van der Waals surface area contributed by atoms with Gasteiger partial charge in [-0.05, 0) is 80.1 Å². The molecule has 0 spiro atoms. The van der Waals surface area contributed by atoms with Crippen LogP contribution in [0.3, 0.4) is 0 Å². The Morgan fingerprint density at radius 1 is 0.816 bits per heavy atom. The number of nitrogens with one attached hydrogen (secondary N) is 3. The van der Waals surface area contributed by atoms with Gasteiger partial charge >= 0.3 is 12.1 Å². The van der Waals surface area contributed by atoms with Gasteiger partial charge < -0.3 is 30.3 Å². The first-order valence-corrected chi connectivity index (χ1v) is 16.2. The number of carbonyl (C=O) groups excluding carboxylic acids is 2. The normalized spacial score (nSPS) is 12.2. The average Bonchev–Trinajstić information content (AvgIpc) is 2.89. The Kier molecular flexibility index (Phi) is 22.3. The molecule has 224 valence electrons. The molecule has 0 fully saturated rings. The lowest BCUT2D eigenvalue weighted by molar-refractivity contribution is -0.153. The Morgan fingerprint density at radius 2 is 1.37 bits per heavy atom. The standard InChI is InChI=1S/C28H56N4O4S2/c1-8-27(4,5)25(33)35-21-23-37-28(6,7)38-24-22-36-26(34)32(10-3)20-14-19-31-16-12-11-15-30-18-13-17-29-9-2/h11-12,29-31H,8-10,13-24H2,1-7H3/b12-11+. The molecule has 0 atom stereocenters. The molecule has 0 heterocycles. The van der Waals surface area contributed by atoms with E-state index in [0.717, 1.165) is 70.0 Å². The Balaban J connectivity index is 3.88. The topological polar surface area (TPSA) is 91.9 Å². The maximum atomic E-state index is 12.4. The van der Waals surface area contributed by atoms with Crippen LogP contribution < -0.4 is 16.0 Å². The Morgan fingerprint density at radius 3 is 1.92 bits per heavy atom. The summed E-state index contributed by atoms with van der Waals surface area (Å²) in [6.07, 6.45) is 6.84. The number of ether oxygens (including phenoxy) is 2. The molecule has 0 saturated carbocycles. The van der Waals surface area contributed by atoms with Crippen LogP contribution in [0.25, 0.3) is 0 Å². The maximum Gasteiger partial charge on any atom is 0.409 e. The van der Waals surface area contributed by atoms with Gasteiger partial charge in [-0.1, -0.05) is 26.0 Å². The van der Waals surface area contributed by atoms with Crippen molar-refractivity contribution >= 4 is 35.6 Å². The number of esters is 1. The molecule has 0 aliphatic heterocycles. The number of nitrogens with zero attached hydrogens (tertiary/aromatic N) is 1. The lowest BCUT2D eigenvalue weighted by Crippen LogP contribution is -2.34. The molecule has 0 radical (unpaired) electrons. The van der Waals surface area contributed by atoms with E-state index >= 15 is 0 Å². The van der Waals surface area contributed by atoms with Crippen molar-refractivity contribution in [1.29, 1.82) is 0 Å². The monoisotopic (exact) mass is 576 g/mol. The highest BCUT2D eigenvalue weighted by molar-refractivity contribution is 8.18. The lowest BCUT2D eigenvalue weighted by atomic mass is 9.91. The fourth-order valence-corrected chi connectivity index (χ4v) is 5.29. The van der Waals surface area contributed by atoms with Gasteiger partial charge in [0.25, 0.3) is 0 Å². The zero-order valence-electron chi connectivity index (χ0n) is 25.2. The summed E-state index contributed by atoms with van der Waals surface area (Å²) < 4.78 is 10.9. The van der Waals surface area contributed by atoms with Crippen molar-refractivity contribution < 1.29 is 19.1 Å². The summed E-state index contributed by atoms with van der Waals surface area (Å²) in [4.78, 5) is 26.2. The van der Waals surface area contributed by atoms with Crippen molar-refractivity contribution in [2.75, 3.05) is 77.1 Å². The van der Waals surface area contributed by atoms with Crippen LogP contribution in [0.15, 0.2) is 12.2 Å². The minimum atomic E-state index is -0.428. The number of rotatable bonds is 24. The summed E-state index contributed by atoms with van der Waals surface area (Å²) in [6.45, 7) is 22.0. The number of hydrogen-bond acceptors (Lipinski definition) is 9. The fourth-order valence-electron chi connectivity index (χ4n) is 3.14. The van der Waals surface area contributed by atoms with Crippen LogP contribution in [-0.2, 0) is 14.3 Å². The van der Waals surface area contributed by atoms with Crippen LogP contribution in [0.1, 0.15) is 67.7 Å². The van der Waals surface area contributed by atoms with E-state index < -0.39 is 5.41 Å². The minimum Gasteiger partial charge on any atom is -0.464 e. The number of carbonyl (C=O) groups is 2. The summed E-state index contributed by atoms with van der Waals surface area (Å²) in [5, 5.41) is 10.1. The summed E-state index contributed by atoms with van der Waals surface area (Å²) in [6, 6.07) is 0. The Hall–Kier alpha value is -0.940. The predicted octanol–water partition coefficient (Wildman–Crippen LogP) is 4.75. The van der Waals surface area contributed by atoms with E-state index in [4.69, 9.17) is 9.47 Å². The molecule has 0 rings (SSSR count). The Bertz CT molecular complexity index is 648. The largest absolute Gasteiger partial charge is 0.464 e. The first-order chi connectivity index (χ1) is 18.1. The van der Waals surface area contributed by atoms with Gasteiger partial charge in [-0.2, -0.15) is 0 Å². The lowest BCUT2D eigenvalue weighted by Gasteiger charge is -2.25. The van der Waals surface area contributed by atoms with E-state index in [1.165, 1.54) is 0 Å². The molecule has 0 aromatic carbocycles. The minimum absolute atomic E-state index is 0.0498. The second-order valence-corrected chi connectivity index (χ2v) is 13.8. The van der Waals surface area contributed by atoms with Gasteiger partial charge in [-0.15, -0.1) is 23.5 Å². The van der Waals surface area contributed by atoms with Gasteiger partial charge in [0, 0.05) is 37.7 Å². The van der Waals surface area contributed by atoms with E-state index in [1.807, 2.05) is 27.7 Å². The molecule has 0 aliphatic carbocycles. The maximum absolute atomic E-state index is 12.4. The second kappa shape index (κ2) is 22.8. The van der Waals surface area contributed by atoms with Crippen LogP contribution in [0.4, 0.5) is 4.79 Å². The highest BCUT2D eigenvalue weighted by Crippen LogP contribution is 2.36. The third-order valence-corrected chi connectivity index (χ3v) is 8.87. The van der Waals surface area contributed by atoms with E-state index in [9.17, 15) is 9.59 Å². The summed E-state index contributed by atoms with van der Waals surface area (Å²) in [5.74, 6) is 1.33. The molecule has 0 unspecified atom stereocenters. The van der Waals surface area contributed by atoms with Crippen LogP contribution in [0, 0.1) is 5.41 Å². The molecule has 0 saturated heterocycles. The van der Waals surface area contributed by atoms with Crippen molar-refractivity contribution in [3.8, 4) is 0 Å². The van der Waals surface area contributed by atoms with Crippen molar-refractivity contribution in [2.24, 2.45) is 5.41 Å². The first kappa shape index (κ1) is 37.1. The third kappa shape index (κ3) is 20.0. The van der Waals surface area contributed by atoms with Gasteiger partial charge in [0.2, 0.25) is 0 Å². The van der Waals surface area contributed by atoms with Crippen LogP contribution >= 0.6 is 23.5 Å². The van der Waals surface area contributed by atoms with Crippen LogP contribution in [-0.4, -0.2) is 98.1 Å². The molecular formula is C28H56N4O4S2. The highest BCUT2D eigenvalue weighted by atomic mass is 32.2. The van der Waals surface area contributed by atoms with Crippen molar-refractivity contribution in [2.45, 2.75) is 71.8 Å². The zero-order valence-corrected chi connectivity index (χ0v) is 26.8. The molecular weight excluding hydrogens is 520 g/mol. The van der Waals surface area contributed by atoms with E-state index in [0.29, 0.717) is 26.3 Å². The molecule has 10 heteroatoms. The SMILES string of the molecule is CCNCCCNC/C=C/CNCCCN(CC)C(=O)OCCSC(C)(C)SCCOC(=O)C(C)(C)CC. The smallest absolute Gasteiger partial charge is 0.409 e. The quantitative estimate of drug-likeness (QED) is 0.0651. The molecule has 8 nitrogen and oxygen atoms in total. The predicted molar refractivity (Wildman–Crippen MR) is 165 cm³/mol. The van der Waals surface area contributed by atoms with Crippen LogP contribution in [0.5, 0.6) is 0 Å². The molecule has 0 aromatic rings. The number of amides is 1. The van der Waals surface area contributed by atoms with Crippen molar-refractivity contribution in [3.63, 3.8) is 0 Å². The first-order valence-electron chi connectivity index (χ1n) is 14.2. The van der Waals surface area contributed by atoms with Gasteiger partial charge in [-0.25, -0.2) is 4.79 Å². The average molecular weight is 577 g/mol. The van der Waals surface area contributed by atoms with Gasteiger partial charge in [0.1, 0.15) is 13.2 Å². The third-order valence-electron chi connectivity index (χ3n) is 6.03. The van der Waals surface area contributed by atoms with Crippen molar-refractivity contribution in [1.82, 2.24) is 20.9 Å². The van der Waals surface area contributed by atoms with E-state index in [-0.39, 0.29) is 16.1 Å². The molecule has 38 heavy (non-hydrogen) atoms. The number of hydrogen-bond donors (Lipinski definition) is 3. The number of thioether (sulfide) groups is 2. The highest BCUT2D eigenvalue weighted by Gasteiger charge is 2.27. The van der Waals surface area contributed by atoms with Crippen molar-refractivity contribution in [3.05, 3.63) is 12.2 Å². The molecule has 0 aromatic heterocycles. The Labute approximate surface area is 241 Å². The van der Waals surface area contributed by atoms with Gasteiger partial charge in [0.15, 0.2) is 0 Å². The van der Waals surface area contributed by atoms with E-state index in [1.54, 1.807) is 28.4 Å². The van der Waals surface area contributed by atoms with Gasteiger partial charge in [-0.3, -0.25) is 4.79 Å².